The number of hydrogen-bond acceptors (Lipinski definition) is 4. The molecule has 0 spiro atoms. The minimum absolute atomic E-state index is 0.0784. The number of nitrogen functional groups attached to an aromatic ring is 1. The lowest BCUT2D eigenvalue weighted by Crippen LogP contribution is -2.40. The van der Waals surface area contributed by atoms with Gasteiger partial charge >= 0.3 is 0 Å². The number of aromatic nitrogens is 2. The summed E-state index contributed by atoms with van der Waals surface area (Å²) in [5, 5.41) is 16.2. The molecule has 0 fully saturated rings. The van der Waals surface area contributed by atoms with Crippen molar-refractivity contribution in [3.05, 3.63) is 12.4 Å². The molecule has 1 aromatic rings. The smallest absolute Gasteiger partial charge is 0.241 e. The van der Waals surface area contributed by atoms with Crippen LogP contribution in [0.25, 0.3) is 0 Å². The summed E-state index contributed by atoms with van der Waals surface area (Å²) < 4.78 is 1.49. The fraction of sp³-hybridized carbons (Fsp3) is 0.667. The Balaban J connectivity index is 2.45. The topological polar surface area (TPSA) is 93.2 Å². The molecule has 1 heterocycles. The molecule has 1 rings (SSSR count). The first-order chi connectivity index (χ1) is 8.55. The molecule has 6 heteroatoms. The zero-order chi connectivity index (χ0) is 13.6. The van der Waals surface area contributed by atoms with Gasteiger partial charge in [0.2, 0.25) is 5.91 Å². The minimum Gasteiger partial charge on any atom is -0.396 e. The van der Waals surface area contributed by atoms with E-state index in [0.717, 1.165) is 12.8 Å². The van der Waals surface area contributed by atoms with Crippen molar-refractivity contribution in [2.45, 2.75) is 33.2 Å². The van der Waals surface area contributed by atoms with Gasteiger partial charge in [-0.25, -0.2) is 0 Å². The standard InChI is InChI=1S/C12H22N4O2/c1-3-12(4-2,9-17)8-14-11(18)7-16-6-10(13)5-15-16/h5-6,17H,3-4,7-9,13H2,1-2H3,(H,14,18). The number of nitrogens with two attached hydrogens (primary N) is 1. The third-order valence-corrected chi connectivity index (χ3v) is 3.45. The number of anilines is 1. The van der Waals surface area contributed by atoms with Crippen molar-refractivity contribution in [2.24, 2.45) is 5.41 Å². The number of hydrogen-bond donors (Lipinski definition) is 3. The van der Waals surface area contributed by atoms with Gasteiger partial charge in [0.05, 0.1) is 18.5 Å². The SMILES string of the molecule is CCC(CC)(CO)CNC(=O)Cn1cc(N)cn1. The summed E-state index contributed by atoms with van der Waals surface area (Å²) in [5.41, 5.74) is 5.83. The lowest BCUT2D eigenvalue weighted by atomic mass is 9.83. The molecular weight excluding hydrogens is 232 g/mol. The zero-order valence-corrected chi connectivity index (χ0v) is 11.0. The number of amides is 1. The Morgan fingerprint density at radius 3 is 2.67 bits per heavy atom. The Kier molecular flexibility index (Phi) is 5.15. The predicted octanol–water partition coefficient (Wildman–Crippen LogP) is 0.380. The van der Waals surface area contributed by atoms with Gasteiger partial charge in [0, 0.05) is 18.2 Å². The summed E-state index contributed by atoms with van der Waals surface area (Å²) in [6, 6.07) is 0. The molecule has 0 saturated carbocycles. The van der Waals surface area contributed by atoms with E-state index in [2.05, 4.69) is 10.4 Å². The van der Waals surface area contributed by atoms with Crippen molar-refractivity contribution >= 4 is 11.6 Å². The molecule has 0 aliphatic heterocycles. The normalized spacial score (nSPS) is 11.5. The quantitative estimate of drug-likeness (QED) is 0.656. The lowest BCUT2D eigenvalue weighted by molar-refractivity contribution is -0.122. The highest BCUT2D eigenvalue weighted by molar-refractivity contribution is 5.75. The number of nitrogens with zero attached hydrogens (tertiary/aromatic N) is 2. The Hall–Kier alpha value is -1.56. The van der Waals surface area contributed by atoms with E-state index in [0.29, 0.717) is 12.2 Å². The van der Waals surface area contributed by atoms with Gasteiger partial charge in [-0.15, -0.1) is 0 Å². The van der Waals surface area contributed by atoms with E-state index >= 15 is 0 Å². The van der Waals surface area contributed by atoms with E-state index in [1.54, 1.807) is 6.20 Å². The third kappa shape index (κ3) is 3.73. The predicted molar refractivity (Wildman–Crippen MR) is 69.7 cm³/mol. The van der Waals surface area contributed by atoms with Crippen LogP contribution >= 0.6 is 0 Å². The second-order valence-electron chi connectivity index (χ2n) is 4.61. The zero-order valence-electron chi connectivity index (χ0n) is 11.0. The lowest BCUT2D eigenvalue weighted by Gasteiger charge is -2.29. The highest BCUT2D eigenvalue weighted by Crippen LogP contribution is 2.24. The maximum Gasteiger partial charge on any atom is 0.241 e. The fourth-order valence-corrected chi connectivity index (χ4v) is 1.73. The molecule has 102 valence electrons. The summed E-state index contributed by atoms with van der Waals surface area (Å²) in [7, 11) is 0. The van der Waals surface area contributed by atoms with Gasteiger partial charge in [-0.3, -0.25) is 9.48 Å². The Morgan fingerprint density at radius 1 is 1.56 bits per heavy atom. The molecule has 0 radical (unpaired) electrons. The molecule has 1 aromatic heterocycles. The summed E-state index contributed by atoms with van der Waals surface area (Å²) in [4.78, 5) is 11.7. The molecule has 0 atom stereocenters. The maximum atomic E-state index is 11.7. The van der Waals surface area contributed by atoms with Crippen molar-refractivity contribution < 1.29 is 9.90 Å². The van der Waals surface area contributed by atoms with Crippen LogP contribution in [0.2, 0.25) is 0 Å². The molecule has 0 saturated heterocycles. The average Bonchev–Trinajstić information content (AvgIpc) is 2.77. The van der Waals surface area contributed by atoms with Crippen LogP contribution in [0.5, 0.6) is 0 Å². The van der Waals surface area contributed by atoms with E-state index in [9.17, 15) is 9.90 Å². The van der Waals surface area contributed by atoms with Crippen molar-refractivity contribution in [2.75, 3.05) is 18.9 Å². The first kappa shape index (κ1) is 14.5. The first-order valence-corrected chi connectivity index (χ1v) is 6.20. The molecule has 1 amide bonds. The summed E-state index contributed by atoms with van der Waals surface area (Å²) in [6.07, 6.45) is 4.77. The van der Waals surface area contributed by atoms with E-state index < -0.39 is 0 Å². The van der Waals surface area contributed by atoms with Crippen LogP contribution in [-0.2, 0) is 11.3 Å². The van der Waals surface area contributed by atoms with Gasteiger partial charge in [0.1, 0.15) is 6.54 Å². The molecule has 0 unspecified atom stereocenters. The van der Waals surface area contributed by atoms with Crippen LogP contribution in [0, 0.1) is 5.41 Å². The van der Waals surface area contributed by atoms with Crippen molar-refractivity contribution in [3.8, 4) is 0 Å². The van der Waals surface area contributed by atoms with Crippen LogP contribution < -0.4 is 11.1 Å². The van der Waals surface area contributed by atoms with Gasteiger partial charge in [-0.1, -0.05) is 13.8 Å². The van der Waals surface area contributed by atoms with Gasteiger partial charge in [-0.2, -0.15) is 5.10 Å². The third-order valence-electron chi connectivity index (χ3n) is 3.45. The Morgan fingerprint density at radius 2 is 2.22 bits per heavy atom. The number of aliphatic hydroxyl groups is 1. The molecule has 4 N–H and O–H groups in total. The van der Waals surface area contributed by atoms with Gasteiger partial charge < -0.3 is 16.2 Å². The monoisotopic (exact) mass is 254 g/mol. The number of nitrogens with one attached hydrogen (secondary N) is 1. The van der Waals surface area contributed by atoms with Crippen LogP contribution in [0.3, 0.4) is 0 Å². The molecular formula is C12H22N4O2. The molecule has 0 aliphatic carbocycles. The van der Waals surface area contributed by atoms with Gasteiger partial charge in [-0.05, 0) is 12.8 Å². The first-order valence-electron chi connectivity index (χ1n) is 6.20. The summed E-state index contributed by atoms with van der Waals surface area (Å²) in [6.45, 7) is 4.73. The van der Waals surface area contributed by atoms with E-state index in [4.69, 9.17) is 5.73 Å². The molecule has 18 heavy (non-hydrogen) atoms. The second-order valence-corrected chi connectivity index (χ2v) is 4.61. The number of carbonyl (C=O) groups is 1. The largest absolute Gasteiger partial charge is 0.396 e. The molecule has 0 aliphatic rings. The second kappa shape index (κ2) is 6.39. The highest BCUT2D eigenvalue weighted by atomic mass is 16.3. The van der Waals surface area contributed by atoms with Gasteiger partial charge in [0.15, 0.2) is 0 Å². The number of carbonyl (C=O) groups excluding carboxylic acids is 1. The van der Waals surface area contributed by atoms with Crippen LogP contribution in [0.1, 0.15) is 26.7 Å². The molecule has 0 bridgehead atoms. The number of aliphatic hydroxyl groups excluding tert-OH is 1. The summed E-state index contributed by atoms with van der Waals surface area (Å²) >= 11 is 0. The van der Waals surface area contributed by atoms with Crippen LogP contribution in [-0.4, -0.2) is 33.9 Å². The van der Waals surface area contributed by atoms with Crippen molar-refractivity contribution in [1.29, 1.82) is 0 Å². The minimum atomic E-state index is -0.223. The van der Waals surface area contributed by atoms with E-state index in [1.807, 2.05) is 13.8 Å². The molecule has 0 aromatic carbocycles. The van der Waals surface area contributed by atoms with Crippen LogP contribution in [0.4, 0.5) is 5.69 Å². The summed E-state index contributed by atoms with van der Waals surface area (Å²) in [5.74, 6) is -0.127. The van der Waals surface area contributed by atoms with Crippen molar-refractivity contribution in [1.82, 2.24) is 15.1 Å². The molecule has 6 nitrogen and oxygen atoms in total. The average molecular weight is 254 g/mol. The van der Waals surface area contributed by atoms with Crippen LogP contribution in [0.15, 0.2) is 12.4 Å². The van der Waals surface area contributed by atoms with Gasteiger partial charge in [0.25, 0.3) is 0 Å². The maximum absolute atomic E-state index is 11.7. The van der Waals surface area contributed by atoms with E-state index in [1.165, 1.54) is 10.9 Å². The fourth-order valence-electron chi connectivity index (χ4n) is 1.73. The Bertz CT molecular complexity index is 377. The Labute approximate surface area is 107 Å². The highest BCUT2D eigenvalue weighted by Gasteiger charge is 2.25. The number of rotatable bonds is 7. The van der Waals surface area contributed by atoms with E-state index in [-0.39, 0.29) is 24.5 Å². The van der Waals surface area contributed by atoms with Crippen molar-refractivity contribution in [3.63, 3.8) is 0 Å².